The van der Waals surface area contributed by atoms with E-state index >= 15 is 0 Å². The fourth-order valence-corrected chi connectivity index (χ4v) is 4.74. The van der Waals surface area contributed by atoms with Crippen LogP contribution < -0.4 is 21.2 Å². The lowest BCUT2D eigenvalue weighted by molar-refractivity contribution is -0.214. The number of nitrogens with one attached hydrogen (secondary N) is 1. The van der Waals surface area contributed by atoms with E-state index in [0.717, 1.165) is 16.9 Å². The first-order valence-electron chi connectivity index (χ1n) is 11.0. The molecule has 0 aliphatic carbocycles. The van der Waals surface area contributed by atoms with Crippen molar-refractivity contribution in [2.24, 2.45) is 7.05 Å². The molecule has 0 unspecified atom stereocenters. The maximum Gasteiger partial charge on any atom is 0.414 e. The van der Waals surface area contributed by atoms with Crippen LogP contribution in [-0.4, -0.2) is 40.3 Å². The van der Waals surface area contributed by atoms with Crippen LogP contribution in [0.25, 0.3) is 10.8 Å². The fraction of sp³-hybridized carbons (Fsp3) is 0.435. The molecule has 2 atom stereocenters. The number of fused-ring (bicyclic) bond motifs is 2. The number of rotatable bonds is 4. The molecule has 8 nitrogen and oxygen atoms in total. The van der Waals surface area contributed by atoms with Crippen molar-refractivity contribution in [3.8, 4) is 5.75 Å². The molecule has 0 amide bonds. The molecule has 0 bridgehead atoms. The van der Waals surface area contributed by atoms with Gasteiger partial charge in [-0.2, -0.15) is 27.1 Å². The Labute approximate surface area is 200 Å². The monoisotopic (exact) mass is 512 g/mol. The first-order chi connectivity index (χ1) is 16.9. The second-order valence-corrected chi connectivity index (χ2v) is 9.00. The number of alkyl halides is 5. The molecule has 1 fully saturated rings. The van der Waals surface area contributed by atoms with E-state index in [1.54, 1.807) is 13.0 Å². The predicted molar refractivity (Wildman–Crippen MR) is 119 cm³/mol. The topological polar surface area (TPSA) is 87.4 Å². The van der Waals surface area contributed by atoms with Crippen molar-refractivity contribution in [3.63, 3.8) is 0 Å². The number of aromatic nitrogens is 3. The molecule has 0 saturated carbocycles. The molecular formula is C23H21F5N4O4. The molecule has 3 aromatic rings. The van der Waals surface area contributed by atoms with Gasteiger partial charge in [-0.3, -0.25) is 14.2 Å². The average Bonchev–Trinajstić information content (AvgIpc) is 3.42. The maximum atomic E-state index is 14.1. The molecule has 2 aliphatic heterocycles. The van der Waals surface area contributed by atoms with Gasteiger partial charge in [-0.15, -0.1) is 0 Å². The number of nitrogens with zero attached hydrogens (tertiary/aromatic N) is 3. The van der Waals surface area contributed by atoms with Gasteiger partial charge in [0.1, 0.15) is 5.75 Å². The second kappa shape index (κ2) is 8.02. The minimum absolute atomic E-state index is 0.00710. The minimum Gasteiger partial charge on any atom is -0.486 e. The van der Waals surface area contributed by atoms with Crippen LogP contribution in [0.5, 0.6) is 5.75 Å². The molecular weight excluding hydrogens is 491 g/mol. The van der Waals surface area contributed by atoms with Crippen molar-refractivity contribution in [1.29, 1.82) is 0 Å². The van der Waals surface area contributed by atoms with Crippen molar-refractivity contribution < 1.29 is 31.4 Å². The highest BCUT2D eigenvalue weighted by atomic mass is 19.4. The highest BCUT2D eigenvalue weighted by molar-refractivity contribution is 5.90. The summed E-state index contributed by atoms with van der Waals surface area (Å²) >= 11 is 0. The molecule has 1 N–H and O–H groups in total. The Hall–Kier alpha value is -3.48. The second-order valence-electron chi connectivity index (χ2n) is 9.00. The van der Waals surface area contributed by atoms with Crippen LogP contribution in [-0.2, 0) is 23.2 Å². The fourth-order valence-electron chi connectivity index (χ4n) is 4.74. The first-order valence-corrected chi connectivity index (χ1v) is 11.0. The Bertz CT molecular complexity index is 1470. The number of para-hydroxylation sites is 1. The van der Waals surface area contributed by atoms with E-state index in [2.05, 4.69) is 10.4 Å². The average molecular weight is 512 g/mol. The van der Waals surface area contributed by atoms with Gasteiger partial charge in [0.05, 0.1) is 23.6 Å². The van der Waals surface area contributed by atoms with Crippen molar-refractivity contribution in [1.82, 2.24) is 14.3 Å². The smallest absolute Gasteiger partial charge is 0.414 e. The van der Waals surface area contributed by atoms with E-state index < -0.39 is 54.4 Å². The normalized spacial score (nSPS) is 21.9. The number of benzene rings is 1. The molecule has 2 aromatic heterocycles. The Morgan fingerprint density at radius 3 is 2.58 bits per heavy atom. The van der Waals surface area contributed by atoms with E-state index in [0.29, 0.717) is 10.1 Å². The molecule has 0 radical (unpaired) electrons. The number of ether oxygens (including phenoxy) is 2. The summed E-state index contributed by atoms with van der Waals surface area (Å²) in [5, 5.41) is 6.97. The van der Waals surface area contributed by atoms with Gasteiger partial charge >= 0.3 is 12.1 Å². The molecule has 2 aliphatic rings. The SMILES string of the molecule is C[C@@H](Nc1nn(C)c(=O)c2cc(=O)n([C@@]3(C(F)(F)F)CCOC3)cc12)c1cccc2c1OCC2(F)F. The van der Waals surface area contributed by atoms with Gasteiger partial charge in [-0.05, 0) is 13.0 Å². The summed E-state index contributed by atoms with van der Waals surface area (Å²) in [7, 11) is 1.33. The molecule has 192 valence electrons. The highest BCUT2D eigenvalue weighted by Gasteiger charge is 2.59. The van der Waals surface area contributed by atoms with Gasteiger partial charge in [0.2, 0.25) is 0 Å². The zero-order valence-corrected chi connectivity index (χ0v) is 19.2. The van der Waals surface area contributed by atoms with E-state index in [9.17, 15) is 31.5 Å². The van der Waals surface area contributed by atoms with Gasteiger partial charge in [0.15, 0.2) is 18.0 Å². The number of aryl methyl sites for hydroxylation is 1. The van der Waals surface area contributed by atoms with Crippen molar-refractivity contribution >= 4 is 16.6 Å². The first kappa shape index (κ1) is 24.2. The number of halogens is 5. The summed E-state index contributed by atoms with van der Waals surface area (Å²) in [5.74, 6) is -3.16. The summed E-state index contributed by atoms with van der Waals surface area (Å²) in [6, 6.07) is 4.44. The number of hydrogen-bond donors (Lipinski definition) is 1. The van der Waals surface area contributed by atoms with E-state index in [1.165, 1.54) is 19.2 Å². The van der Waals surface area contributed by atoms with Crippen LogP contribution in [0, 0.1) is 0 Å². The molecule has 13 heteroatoms. The Morgan fingerprint density at radius 2 is 1.92 bits per heavy atom. The summed E-state index contributed by atoms with van der Waals surface area (Å²) in [5.41, 5.74) is -4.18. The van der Waals surface area contributed by atoms with E-state index in [-0.39, 0.29) is 34.5 Å². The van der Waals surface area contributed by atoms with E-state index in [1.807, 2.05) is 0 Å². The van der Waals surface area contributed by atoms with Crippen LogP contribution in [0.4, 0.5) is 27.8 Å². The number of anilines is 1. The third-order valence-corrected chi connectivity index (χ3v) is 6.73. The van der Waals surface area contributed by atoms with Crippen molar-refractivity contribution in [2.45, 2.75) is 37.0 Å². The van der Waals surface area contributed by atoms with Crippen LogP contribution >= 0.6 is 0 Å². The lowest BCUT2D eigenvalue weighted by Gasteiger charge is -2.32. The Balaban J connectivity index is 1.65. The van der Waals surface area contributed by atoms with Gasteiger partial charge in [0, 0.05) is 43.3 Å². The third kappa shape index (κ3) is 3.55. The molecule has 1 saturated heterocycles. The molecule has 0 spiro atoms. The number of hydrogen-bond acceptors (Lipinski definition) is 6. The van der Waals surface area contributed by atoms with Gasteiger partial charge in [0.25, 0.3) is 11.1 Å². The van der Waals surface area contributed by atoms with Crippen LogP contribution in [0.15, 0.2) is 40.1 Å². The zero-order chi connectivity index (χ0) is 26.0. The summed E-state index contributed by atoms with van der Waals surface area (Å²) in [6.07, 6.45) is -4.31. The lowest BCUT2D eigenvalue weighted by atomic mass is 9.96. The van der Waals surface area contributed by atoms with Crippen molar-refractivity contribution in [3.05, 3.63) is 62.3 Å². The highest BCUT2D eigenvalue weighted by Crippen LogP contribution is 2.45. The standard InChI is InChI=1S/C23H21F5N4O4/c1-12(13-4-3-5-16-18(13)36-11-22(16,24)25)29-19-15-9-32(21(23(26,27)28)6-7-35-10-21)17(33)8-14(15)20(34)31(2)30-19/h3-5,8-9,12H,6-7,10-11H2,1-2H3,(H,29,30)/t12-,21+/m1/s1. The zero-order valence-electron chi connectivity index (χ0n) is 19.2. The van der Waals surface area contributed by atoms with Gasteiger partial charge in [-0.1, -0.05) is 12.1 Å². The molecule has 36 heavy (non-hydrogen) atoms. The summed E-state index contributed by atoms with van der Waals surface area (Å²) < 4.78 is 82.4. The van der Waals surface area contributed by atoms with Crippen LogP contribution in [0.3, 0.4) is 0 Å². The lowest BCUT2D eigenvalue weighted by Crippen LogP contribution is -2.52. The Morgan fingerprint density at radius 1 is 1.17 bits per heavy atom. The number of pyridine rings is 1. The summed E-state index contributed by atoms with van der Waals surface area (Å²) in [6.45, 7) is -0.112. The molecule has 5 rings (SSSR count). The predicted octanol–water partition coefficient (Wildman–Crippen LogP) is 3.43. The van der Waals surface area contributed by atoms with Crippen LogP contribution in [0.2, 0.25) is 0 Å². The largest absolute Gasteiger partial charge is 0.486 e. The van der Waals surface area contributed by atoms with E-state index in [4.69, 9.17) is 9.47 Å². The third-order valence-electron chi connectivity index (χ3n) is 6.73. The maximum absolute atomic E-state index is 14.1. The van der Waals surface area contributed by atoms with Crippen LogP contribution in [0.1, 0.15) is 30.5 Å². The Kier molecular flexibility index (Phi) is 5.39. The molecule has 4 heterocycles. The quantitative estimate of drug-likeness (QED) is 0.540. The van der Waals surface area contributed by atoms with Crippen molar-refractivity contribution in [2.75, 3.05) is 25.1 Å². The van der Waals surface area contributed by atoms with Gasteiger partial charge < -0.3 is 14.8 Å². The molecule has 1 aromatic carbocycles. The summed E-state index contributed by atoms with van der Waals surface area (Å²) in [4.78, 5) is 25.5. The van der Waals surface area contributed by atoms with Gasteiger partial charge in [-0.25, -0.2) is 4.68 Å². The minimum atomic E-state index is -4.80.